The Balaban J connectivity index is 3.48. The van der Waals surface area contributed by atoms with Gasteiger partial charge in [-0.3, -0.25) is 9.59 Å². The van der Waals surface area contributed by atoms with E-state index in [1.54, 1.807) is 6.08 Å². The van der Waals surface area contributed by atoms with Crippen LogP contribution in [0.3, 0.4) is 0 Å². The Morgan fingerprint density at radius 3 is 1.07 bits per heavy atom. The highest BCUT2D eigenvalue weighted by molar-refractivity contribution is 5.76. The van der Waals surface area contributed by atoms with Crippen molar-refractivity contribution in [1.29, 1.82) is 0 Å². The highest BCUT2D eigenvalue weighted by Crippen LogP contribution is 2.17. The predicted octanol–water partition coefficient (Wildman–Crippen LogP) is 19.2. The number of carbonyl (C=O) groups is 2. The maximum absolute atomic E-state index is 12.5. The maximum Gasteiger partial charge on any atom is 0.305 e. The second kappa shape index (κ2) is 58.6. The number of aliphatic hydroxyl groups excluding tert-OH is 2. The first-order valence-electron chi connectivity index (χ1n) is 30.8. The van der Waals surface area contributed by atoms with Crippen LogP contribution < -0.4 is 5.32 Å². The van der Waals surface area contributed by atoms with Crippen LogP contribution in [0.4, 0.5) is 0 Å². The SMILES string of the molecule is CCCCCCCCCCCCCCC/C=C/C(O)C(CO)NC(=O)CCCCCCCCCCCC/C=C\C=C/CCCCCOC(=O)CCCCCCCCCCCCCCCCCCCC. The molecule has 1 amide bonds. The lowest BCUT2D eigenvalue weighted by molar-refractivity contribution is -0.143. The molecule has 0 aromatic carbocycles. The third-order valence-corrected chi connectivity index (χ3v) is 14.2. The molecule has 0 saturated carbocycles. The van der Waals surface area contributed by atoms with Gasteiger partial charge in [0.15, 0.2) is 0 Å². The third-order valence-electron chi connectivity index (χ3n) is 14.2. The van der Waals surface area contributed by atoms with Crippen LogP contribution in [-0.2, 0) is 14.3 Å². The van der Waals surface area contributed by atoms with Gasteiger partial charge in [-0.15, -0.1) is 0 Å². The minimum atomic E-state index is -0.851. The van der Waals surface area contributed by atoms with E-state index >= 15 is 0 Å². The minimum Gasteiger partial charge on any atom is -0.466 e. The van der Waals surface area contributed by atoms with E-state index < -0.39 is 12.1 Å². The predicted molar refractivity (Wildman–Crippen MR) is 301 cm³/mol. The molecule has 0 radical (unpaired) electrons. The zero-order chi connectivity index (χ0) is 50.0. The quantitative estimate of drug-likeness (QED) is 0.0244. The number of esters is 1. The fourth-order valence-electron chi connectivity index (χ4n) is 9.45. The highest BCUT2D eigenvalue weighted by atomic mass is 16.5. The van der Waals surface area contributed by atoms with E-state index in [4.69, 9.17) is 4.74 Å². The van der Waals surface area contributed by atoms with Crippen molar-refractivity contribution in [3.8, 4) is 0 Å². The van der Waals surface area contributed by atoms with Gasteiger partial charge in [0, 0.05) is 12.8 Å². The topological polar surface area (TPSA) is 95.9 Å². The summed E-state index contributed by atoms with van der Waals surface area (Å²) in [6.07, 6.45) is 73.2. The van der Waals surface area contributed by atoms with Crippen LogP contribution in [0.15, 0.2) is 36.5 Å². The number of unbranched alkanes of at least 4 members (excludes halogenated alkanes) is 43. The van der Waals surface area contributed by atoms with E-state index in [2.05, 4.69) is 43.5 Å². The van der Waals surface area contributed by atoms with E-state index in [0.717, 1.165) is 77.0 Å². The Bertz CT molecular complexity index is 1120. The summed E-state index contributed by atoms with van der Waals surface area (Å²) >= 11 is 0. The van der Waals surface area contributed by atoms with Crippen molar-refractivity contribution in [2.75, 3.05) is 13.2 Å². The zero-order valence-corrected chi connectivity index (χ0v) is 46.3. The molecule has 2 unspecified atom stereocenters. The summed E-state index contributed by atoms with van der Waals surface area (Å²) in [5.74, 6) is -0.0865. The van der Waals surface area contributed by atoms with Crippen molar-refractivity contribution in [2.24, 2.45) is 0 Å². The number of hydrogen-bond donors (Lipinski definition) is 3. The Labute approximate surface area is 430 Å². The summed E-state index contributed by atoms with van der Waals surface area (Å²) in [7, 11) is 0. The normalized spacial score (nSPS) is 12.8. The van der Waals surface area contributed by atoms with Gasteiger partial charge < -0.3 is 20.3 Å². The van der Waals surface area contributed by atoms with Crippen molar-refractivity contribution in [2.45, 2.75) is 341 Å². The largest absolute Gasteiger partial charge is 0.466 e. The Hall–Kier alpha value is -1.92. The van der Waals surface area contributed by atoms with Crippen molar-refractivity contribution in [3.05, 3.63) is 36.5 Å². The molecular weight excluding hydrogens is 851 g/mol. The van der Waals surface area contributed by atoms with E-state index in [9.17, 15) is 19.8 Å². The molecular formula is C63H119NO5. The zero-order valence-electron chi connectivity index (χ0n) is 46.3. The van der Waals surface area contributed by atoms with Crippen LogP contribution in [0.2, 0.25) is 0 Å². The van der Waals surface area contributed by atoms with Crippen LogP contribution in [-0.4, -0.2) is 47.4 Å². The Kier molecular flexibility index (Phi) is 57.0. The second-order valence-electron chi connectivity index (χ2n) is 21.1. The molecule has 0 heterocycles. The molecule has 0 aliphatic rings. The molecule has 0 rings (SSSR count). The number of rotatable bonds is 57. The van der Waals surface area contributed by atoms with Crippen molar-refractivity contribution < 1.29 is 24.5 Å². The molecule has 2 atom stereocenters. The number of nitrogens with one attached hydrogen (secondary N) is 1. The van der Waals surface area contributed by atoms with Crippen LogP contribution in [0, 0.1) is 0 Å². The Morgan fingerprint density at radius 2 is 0.710 bits per heavy atom. The molecule has 3 N–H and O–H groups in total. The van der Waals surface area contributed by atoms with Gasteiger partial charge in [-0.05, 0) is 64.2 Å². The summed E-state index contributed by atoms with van der Waals surface area (Å²) < 4.78 is 5.47. The van der Waals surface area contributed by atoms with Gasteiger partial charge in [-0.1, -0.05) is 288 Å². The van der Waals surface area contributed by atoms with Crippen LogP contribution in [0.25, 0.3) is 0 Å². The van der Waals surface area contributed by atoms with Crippen LogP contribution in [0.1, 0.15) is 328 Å². The van der Waals surface area contributed by atoms with Crippen LogP contribution in [0.5, 0.6) is 0 Å². The standard InChI is InChI=1S/C63H119NO5/c1-3-5-7-9-11-13-15-17-19-20-25-29-33-37-41-45-49-53-57-63(68)69-58-54-50-46-42-38-34-30-26-23-21-22-24-28-32-36-40-44-48-52-56-62(67)64-60(59-65)61(66)55-51-47-43-39-35-31-27-18-16-14-12-10-8-6-4-2/h26,30,34,38,51,55,60-61,65-66H,3-25,27-29,31-33,35-37,39-50,52-54,56-59H2,1-2H3,(H,64,67)/b30-26-,38-34-,55-51+. The average Bonchev–Trinajstić information content (AvgIpc) is 3.35. The molecule has 69 heavy (non-hydrogen) atoms. The first-order chi connectivity index (χ1) is 34.0. The summed E-state index contributed by atoms with van der Waals surface area (Å²) in [5, 5.41) is 23.1. The van der Waals surface area contributed by atoms with E-state index in [-0.39, 0.29) is 18.5 Å². The summed E-state index contributed by atoms with van der Waals surface area (Å²) in [6.45, 7) is 4.88. The lowest BCUT2D eigenvalue weighted by Gasteiger charge is -2.20. The lowest BCUT2D eigenvalue weighted by Crippen LogP contribution is -2.45. The molecule has 406 valence electrons. The van der Waals surface area contributed by atoms with Crippen molar-refractivity contribution in [3.63, 3.8) is 0 Å². The van der Waals surface area contributed by atoms with E-state index in [1.165, 1.54) is 225 Å². The number of allylic oxidation sites excluding steroid dienone is 5. The smallest absolute Gasteiger partial charge is 0.305 e. The minimum absolute atomic E-state index is 0.00970. The summed E-state index contributed by atoms with van der Waals surface area (Å²) in [5.41, 5.74) is 0. The summed E-state index contributed by atoms with van der Waals surface area (Å²) in [6, 6.07) is -0.635. The van der Waals surface area contributed by atoms with Gasteiger partial charge in [-0.25, -0.2) is 0 Å². The van der Waals surface area contributed by atoms with E-state index in [0.29, 0.717) is 19.4 Å². The molecule has 0 bridgehead atoms. The second-order valence-corrected chi connectivity index (χ2v) is 21.1. The molecule has 0 spiro atoms. The van der Waals surface area contributed by atoms with Crippen LogP contribution >= 0.6 is 0 Å². The van der Waals surface area contributed by atoms with Gasteiger partial charge in [-0.2, -0.15) is 0 Å². The maximum atomic E-state index is 12.5. The number of hydrogen-bond acceptors (Lipinski definition) is 5. The number of aliphatic hydroxyl groups is 2. The molecule has 6 heteroatoms. The summed E-state index contributed by atoms with van der Waals surface area (Å²) in [4.78, 5) is 24.5. The van der Waals surface area contributed by atoms with Gasteiger partial charge in [0.05, 0.1) is 25.4 Å². The monoisotopic (exact) mass is 970 g/mol. The fraction of sp³-hybridized carbons (Fsp3) is 0.873. The molecule has 0 aliphatic heterocycles. The average molecular weight is 971 g/mol. The molecule has 0 fully saturated rings. The number of amides is 1. The van der Waals surface area contributed by atoms with Gasteiger partial charge >= 0.3 is 5.97 Å². The molecule has 0 aromatic heterocycles. The van der Waals surface area contributed by atoms with Crippen molar-refractivity contribution >= 4 is 11.9 Å². The molecule has 0 aromatic rings. The van der Waals surface area contributed by atoms with Gasteiger partial charge in [0.1, 0.15) is 0 Å². The molecule has 6 nitrogen and oxygen atoms in total. The lowest BCUT2D eigenvalue weighted by atomic mass is 10.0. The Morgan fingerprint density at radius 1 is 0.406 bits per heavy atom. The first kappa shape index (κ1) is 67.1. The first-order valence-corrected chi connectivity index (χ1v) is 30.8. The number of ether oxygens (including phenoxy) is 1. The fourth-order valence-corrected chi connectivity index (χ4v) is 9.45. The number of carbonyl (C=O) groups excluding carboxylic acids is 2. The van der Waals surface area contributed by atoms with E-state index in [1.807, 2.05) is 6.08 Å². The molecule has 0 aliphatic carbocycles. The van der Waals surface area contributed by atoms with Gasteiger partial charge in [0.25, 0.3) is 0 Å². The third kappa shape index (κ3) is 55.2. The molecule has 0 saturated heterocycles. The van der Waals surface area contributed by atoms with Crippen molar-refractivity contribution in [1.82, 2.24) is 5.32 Å². The highest BCUT2D eigenvalue weighted by Gasteiger charge is 2.18. The van der Waals surface area contributed by atoms with Gasteiger partial charge in [0.2, 0.25) is 5.91 Å².